The maximum Gasteiger partial charge on any atom is 0.0348 e. The van der Waals surface area contributed by atoms with Gasteiger partial charge in [-0.15, -0.1) is 0 Å². The van der Waals surface area contributed by atoms with Gasteiger partial charge < -0.3 is 5.32 Å². The van der Waals surface area contributed by atoms with E-state index in [4.69, 9.17) is 0 Å². The molecule has 1 aliphatic rings. The van der Waals surface area contributed by atoms with Crippen LogP contribution in [0.25, 0.3) is 0 Å². The van der Waals surface area contributed by atoms with Crippen molar-refractivity contribution in [3.05, 3.63) is 35.4 Å². The van der Waals surface area contributed by atoms with E-state index in [0.717, 1.165) is 12.5 Å². The molecule has 1 nitrogen and oxygen atoms in total. The third-order valence-electron chi connectivity index (χ3n) is 5.16. The van der Waals surface area contributed by atoms with Gasteiger partial charge in [-0.25, -0.2) is 0 Å². The Morgan fingerprint density at radius 1 is 1.10 bits per heavy atom. The number of hydrogen-bond donors (Lipinski definition) is 1. The highest BCUT2D eigenvalue weighted by Crippen LogP contribution is 2.42. The van der Waals surface area contributed by atoms with Crippen molar-refractivity contribution in [2.45, 2.75) is 72.3 Å². The van der Waals surface area contributed by atoms with Gasteiger partial charge >= 0.3 is 0 Å². The summed E-state index contributed by atoms with van der Waals surface area (Å²) in [5, 5.41) is 3.75. The fraction of sp³-hybridized carbons (Fsp3) is 0.700. The number of benzene rings is 1. The van der Waals surface area contributed by atoms with Crippen molar-refractivity contribution in [3.8, 4) is 0 Å². The molecule has 1 aromatic rings. The molecule has 0 aromatic heterocycles. The van der Waals surface area contributed by atoms with E-state index in [-0.39, 0.29) is 0 Å². The van der Waals surface area contributed by atoms with Crippen LogP contribution < -0.4 is 5.32 Å². The molecule has 2 rings (SSSR count). The van der Waals surface area contributed by atoms with Gasteiger partial charge in [0.2, 0.25) is 0 Å². The topological polar surface area (TPSA) is 12.0 Å². The zero-order valence-corrected chi connectivity index (χ0v) is 14.4. The quantitative estimate of drug-likeness (QED) is 0.728. The summed E-state index contributed by atoms with van der Waals surface area (Å²) >= 11 is 0. The summed E-state index contributed by atoms with van der Waals surface area (Å²) in [6.07, 6.45) is 7.89. The van der Waals surface area contributed by atoms with Crippen molar-refractivity contribution in [1.29, 1.82) is 0 Å². The number of aryl methyl sites for hydroxylation is 1. The SMILES string of the molecule is CCCc1ccc(C(NCC)C2CCC(C)(C)CC2)cc1. The number of hydrogen-bond acceptors (Lipinski definition) is 1. The fourth-order valence-electron chi connectivity index (χ4n) is 3.71. The second-order valence-corrected chi connectivity index (χ2v) is 7.53. The van der Waals surface area contributed by atoms with Gasteiger partial charge in [-0.1, -0.05) is 58.4 Å². The fourth-order valence-corrected chi connectivity index (χ4v) is 3.71. The van der Waals surface area contributed by atoms with Crippen molar-refractivity contribution >= 4 is 0 Å². The monoisotopic (exact) mass is 287 g/mol. The van der Waals surface area contributed by atoms with Crippen molar-refractivity contribution in [1.82, 2.24) is 5.32 Å². The Morgan fingerprint density at radius 2 is 1.71 bits per heavy atom. The molecule has 1 aromatic carbocycles. The van der Waals surface area contributed by atoms with E-state index >= 15 is 0 Å². The molecule has 21 heavy (non-hydrogen) atoms. The van der Waals surface area contributed by atoms with Crippen LogP contribution in [-0.2, 0) is 6.42 Å². The Morgan fingerprint density at radius 3 is 2.24 bits per heavy atom. The third-order valence-corrected chi connectivity index (χ3v) is 5.16. The largest absolute Gasteiger partial charge is 0.310 e. The van der Waals surface area contributed by atoms with Crippen LogP contribution in [0, 0.1) is 11.3 Å². The average molecular weight is 287 g/mol. The van der Waals surface area contributed by atoms with Crippen molar-refractivity contribution in [3.63, 3.8) is 0 Å². The van der Waals surface area contributed by atoms with E-state index in [1.54, 1.807) is 0 Å². The van der Waals surface area contributed by atoms with E-state index in [0.29, 0.717) is 11.5 Å². The smallest absolute Gasteiger partial charge is 0.0348 e. The zero-order chi connectivity index (χ0) is 15.3. The normalized spacial score (nSPS) is 20.4. The lowest BCUT2D eigenvalue weighted by Crippen LogP contribution is -2.32. The van der Waals surface area contributed by atoms with Crippen LogP contribution in [0.3, 0.4) is 0 Å². The lowest BCUT2D eigenvalue weighted by atomic mass is 9.70. The summed E-state index contributed by atoms with van der Waals surface area (Å²) in [6, 6.07) is 9.92. The maximum atomic E-state index is 3.75. The van der Waals surface area contributed by atoms with E-state index in [2.05, 4.69) is 57.3 Å². The maximum absolute atomic E-state index is 3.75. The van der Waals surface area contributed by atoms with Crippen LogP contribution >= 0.6 is 0 Å². The van der Waals surface area contributed by atoms with Crippen molar-refractivity contribution in [2.24, 2.45) is 11.3 Å². The molecule has 1 atom stereocenters. The van der Waals surface area contributed by atoms with Crippen molar-refractivity contribution in [2.75, 3.05) is 6.54 Å². The zero-order valence-electron chi connectivity index (χ0n) is 14.4. The molecule has 0 heterocycles. The molecule has 1 unspecified atom stereocenters. The highest BCUT2D eigenvalue weighted by atomic mass is 14.9. The Hall–Kier alpha value is -0.820. The molecule has 1 aliphatic carbocycles. The molecule has 0 radical (unpaired) electrons. The van der Waals surface area contributed by atoms with Gasteiger partial charge in [0.25, 0.3) is 0 Å². The predicted molar refractivity (Wildman–Crippen MR) is 92.6 cm³/mol. The highest BCUT2D eigenvalue weighted by molar-refractivity contribution is 5.26. The molecule has 1 fully saturated rings. The summed E-state index contributed by atoms with van der Waals surface area (Å²) in [5.74, 6) is 0.801. The van der Waals surface area contributed by atoms with Gasteiger partial charge in [0.1, 0.15) is 0 Å². The molecular weight excluding hydrogens is 254 g/mol. The van der Waals surface area contributed by atoms with Gasteiger partial charge in [0.05, 0.1) is 0 Å². The molecular formula is C20H33N. The highest BCUT2D eigenvalue weighted by Gasteiger charge is 2.31. The molecule has 1 heteroatoms. The summed E-state index contributed by atoms with van der Waals surface area (Å²) in [4.78, 5) is 0. The molecule has 1 saturated carbocycles. The van der Waals surface area contributed by atoms with Crippen LogP contribution in [0.2, 0.25) is 0 Å². The lowest BCUT2D eigenvalue weighted by Gasteiger charge is -2.38. The summed E-state index contributed by atoms with van der Waals surface area (Å²) < 4.78 is 0. The molecule has 0 saturated heterocycles. The summed E-state index contributed by atoms with van der Waals surface area (Å²) in [7, 11) is 0. The Balaban J connectivity index is 2.07. The van der Waals surface area contributed by atoms with Crippen molar-refractivity contribution < 1.29 is 0 Å². The second-order valence-electron chi connectivity index (χ2n) is 7.53. The molecule has 1 N–H and O–H groups in total. The van der Waals surface area contributed by atoms with Gasteiger partial charge in [0.15, 0.2) is 0 Å². The molecule has 118 valence electrons. The predicted octanol–water partition coefficient (Wildman–Crippen LogP) is 5.51. The Labute approximate surface area is 131 Å². The standard InChI is InChI=1S/C20H33N/c1-5-7-16-8-10-17(11-9-16)19(21-6-2)18-12-14-20(3,4)15-13-18/h8-11,18-19,21H,5-7,12-15H2,1-4H3. The molecule has 0 bridgehead atoms. The minimum atomic E-state index is 0.543. The molecule has 0 aliphatic heterocycles. The average Bonchev–Trinajstić information content (AvgIpc) is 2.47. The minimum Gasteiger partial charge on any atom is -0.310 e. The first-order chi connectivity index (χ1) is 10.1. The Kier molecular flexibility index (Phi) is 5.87. The first-order valence-electron chi connectivity index (χ1n) is 8.88. The molecule has 0 amide bonds. The van der Waals surface area contributed by atoms with E-state index in [1.165, 1.54) is 49.7 Å². The van der Waals surface area contributed by atoms with Gasteiger partial charge in [0, 0.05) is 6.04 Å². The number of nitrogens with one attached hydrogen (secondary N) is 1. The summed E-state index contributed by atoms with van der Waals surface area (Å²) in [5.41, 5.74) is 3.51. The van der Waals surface area contributed by atoms with Crippen LogP contribution in [0.15, 0.2) is 24.3 Å². The van der Waals surface area contributed by atoms with Crippen LogP contribution in [0.1, 0.15) is 77.0 Å². The van der Waals surface area contributed by atoms with Gasteiger partial charge in [-0.2, -0.15) is 0 Å². The van der Waals surface area contributed by atoms with Crippen LogP contribution in [-0.4, -0.2) is 6.54 Å². The van der Waals surface area contributed by atoms with E-state index in [1.807, 2.05) is 0 Å². The van der Waals surface area contributed by atoms with E-state index in [9.17, 15) is 0 Å². The first-order valence-corrected chi connectivity index (χ1v) is 8.88. The lowest BCUT2D eigenvalue weighted by molar-refractivity contribution is 0.162. The Bertz CT molecular complexity index is 408. The van der Waals surface area contributed by atoms with Gasteiger partial charge in [-0.05, 0) is 61.1 Å². The minimum absolute atomic E-state index is 0.543. The van der Waals surface area contributed by atoms with Gasteiger partial charge in [-0.3, -0.25) is 0 Å². The third kappa shape index (κ3) is 4.57. The molecule has 0 spiro atoms. The second kappa shape index (κ2) is 7.45. The van der Waals surface area contributed by atoms with Crippen LogP contribution in [0.4, 0.5) is 0 Å². The van der Waals surface area contributed by atoms with Crippen LogP contribution in [0.5, 0.6) is 0 Å². The van der Waals surface area contributed by atoms with E-state index < -0.39 is 0 Å². The summed E-state index contributed by atoms with van der Waals surface area (Å²) in [6.45, 7) is 10.4. The first kappa shape index (κ1) is 16.5. The number of rotatable bonds is 6.